The Morgan fingerprint density at radius 3 is 2.44 bits per heavy atom. The molecule has 1 N–H and O–H groups in total. The number of aldehydes is 1. The number of rotatable bonds is 4. The molecule has 0 aliphatic rings. The summed E-state index contributed by atoms with van der Waals surface area (Å²) in [5, 5.41) is 10.1. The lowest BCUT2D eigenvalue weighted by molar-refractivity contribution is -0.108. The predicted molar refractivity (Wildman–Crippen MR) is 72.5 cm³/mol. The fourth-order valence-electron chi connectivity index (χ4n) is 2.02. The third kappa shape index (κ3) is 3.03. The molecule has 0 aromatic heterocycles. The number of carbonyl (C=O) groups is 1. The zero-order chi connectivity index (χ0) is 13.9. The van der Waals surface area contributed by atoms with Gasteiger partial charge >= 0.3 is 0 Å². The fourth-order valence-corrected chi connectivity index (χ4v) is 2.02. The number of phenols is 1. The second-order valence-electron chi connectivity index (χ2n) is 5.66. The Morgan fingerprint density at radius 2 is 2.00 bits per heavy atom. The molecule has 0 saturated carbocycles. The van der Waals surface area contributed by atoms with Crippen LogP contribution in [-0.2, 0) is 10.2 Å². The van der Waals surface area contributed by atoms with E-state index in [1.807, 2.05) is 33.8 Å². The van der Waals surface area contributed by atoms with Gasteiger partial charge in [-0.2, -0.15) is 0 Å². The van der Waals surface area contributed by atoms with Crippen molar-refractivity contribution in [2.75, 3.05) is 7.11 Å². The van der Waals surface area contributed by atoms with E-state index in [4.69, 9.17) is 4.74 Å². The van der Waals surface area contributed by atoms with E-state index < -0.39 is 0 Å². The minimum atomic E-state index is -0.149. The largest absolute Gasteiger partial charge is 0.508 e. The third-order valence-electron chi connectivity index (χ3n) is 3.14. The van der Waals surface area contributed by atoms with Gasteiger partial charge in [0.15, 0.2) is 0 Å². The molecular formula is C15H22O3. The zero-order valence-corrected chi connectivity index (χ0v) is 11.8. The molecule has 0 saturated heterocycles. The van der Waals surface area contributed by atoms with Crippen LogP contribution in [-0.4, -0.2) is 18.5 Å². The van der Waals surface area contributed by atoms with E-state index in [2.05, 4.69) is 0 Å². The van der Waals surface area contributed by atoms with Crippen molar-refractivity contribution in [2.24, 2.45) is 0 Å². The monoisotopic (exact) mass is 250 g/mol. The molecule has 1 aromatic carbocycles. The van der Waals surface area contributed by atoms with Gasteiger partial charge in [0.25, 0.3) is 0 Å². The quantitative estimate of drug-likeness (QED) is 0.833. The van der Waals surface area contributed by atoms with Crippen LogP contribution in [0.1, 0.15) is 51.2 Å². The highest BCUT2D eigenvalue weighted by Gasteiger charge is 2.22. The molecule has 18 heavy (non-hydrogen) atoms. The number of carbonyl (C=O) groups excluding carboxylic acids is 1. The van der Waals surface area contributed by atoms with Crippen LogP contribution in [0.3, 0.4) is 0 Å². The molecule has 3 nitrogen and oxygen atoms in total. The molecule has 1 unspecified atom stereocenters. The molecule has 100 valence electrons. The van der Waals surface area contributed by atoms with Crippen LogP contribution in [0.5, 0.6) is 11.5 Å². The third-order valence-corrected chi connectivity index (χ3v) is 3.14. The van der Waals surface area contributed by atoms with Gasteiger partial charge in [-0.1, -0.05) is 27.7 Å². The zero-order valence-electron chi connectivity index (χ0n) is 11.8. The van der Waals surface area contributed by atoms with Crippen LogP contribution < -0.4 is 4.74 Å². The van der Waals surface area contributed by atoms with Crippen LogP contribution in [0.25, 0.3) is 0 Å². The second-order valence-corrected chi connectivity index (χ2v) is 5.66. The maximum Gasteiger partial charge on any atom is 0.122 e. The van der Waals surface area contributed by atoms with E-state index in [0.29, 0.717) is 6.42 Å². The van der Waals surface area contributed by atoms with Gasteiger partial charge in [-0.3, -0.25) is 0 Å². The van der Waals surface area contributed by atoms with Crippen LogP contribution in [0, 0.1) is 0 Å². The molecule has 0 spiro atoms. The fraction of sp³-hybridized carbons (Fsp3) is 0.533. The number of ether oxygens (including phenoxy) is 1. The number of aromatic hydroxyl groups is 1. The van der Waals surface area contributed by atoms with Crippen molar-refractivity contribution in [3.8, 4) is 11.5 Å². The molecule has 3 heteroatoms. The molecule has 0 bridgehead atoms. The Labute approximate surface area is 109 Å². The molecule has 1 rings (SSSR count). The van der Waals surface area contributed by atoms with E-state index in [-0.39, 0.29) is 17.1 Å². The highest BCUT2D eigenvalue weighted by molar-refractivity contribution is 5.55. The van der Waals surface area contributed by atoms with Gasteiger partial charge in [-0.15, -0.1) is 0 Å². The Morgan fingerprint density at radius 1 is 1.39 bits per heavy atom. The Hall–Kier alpha value is -1.51. The average Bonchev–Trinajstić information content (AvgIpc) is 2.27. The molecule has 0 aliphatic heterocycles. The van der Waals surface area contributed by atoms with Gasteiger partial charge in [-0.25, -0.2) is 0 Å². The van der Waals surface area contributed by atoms with E-state index in [1.165, 1.54) is 0 Å². The lowest BCUT2D eigenvalue weighted by atomic mass is 9.84. The summed E-state index contributed by atoms with van der Waals surface area (Å²) in [5.74, 6) is 1.03. The summed E-state index contributed by atoms with van der Waals surface area (Å²) in [5.41, 5.74) is 1.57. The van der Waals surface area contributed by atoms with Crippen molar-refractivity contribution in [3.05, 3.63) is 23.3 Å². The minimum absolute atomic E-state index is 0.0392. The van der Waals surface area contributed by atoms with Crippen molar-refractivity contribution in [1.82, 2.24) is 0 Å². The van der Waals surface area contributed by atoms with E-state index in [0.717, 1.165) is 23.2 Å². The van der Waals surface area contributed by atoms with E-state index in [9.17, 15) is 9.90 Å². The highest BCUT2D eigenvalue weighted by atomic mass is 16.5. The number of hydrogen-bond donors (Lipinski definition) is 1. The first-order valence-electron chi connectivity index (χ1n) is 6.16. The predicted octanol–water partition coefficient (Wildman–Crippen LogP) is 3.39. The Bertz CT molecular complexity index is 430. The summed E-state index contributed by atoms with van der Waals surface area (Å²) < 4.78 is 5.38. The van der Waals surface area contributed by atoms with Gasteiger partial charge in [-0.05, 0) is 23.5 Å². The first-order chi connectivity index (χ1) is 8.31. The standard InChI is InChI=1S/C15H22O3/c1-10(6-7-16)11-8-13(17)12(15(2,3)4)9-14(11)18-5/h7-10,17H,6H2,1-5H3. The first kappa shape index (κ1) is 14.6. The number of benzene rings is 1. The molecule has 1 atom stereocenters. The maximum atomic E-state index is 10.6. The van der Waals surface area contributed by atoms with Gasteiger partial charge in [0.05, 0.1) is 7.11 Å². The van der Waals surface area contributed by atoms with Crippen LogP contribution in [0.15, 0.2) is 12.1 Å². The summed E-state index contributed by atoms with van der Waals surface area (Å²) in [6.45, 7) is 8.06. The maximum absolute atomic E-state index is 10.6. The van der Waals surface area contributed by atoms with E-state index in [1.54, 1.807) is 13.2 Å². The van der Waals surface area contributed by atoms with Crippen molar-refractivity contribution in [2.45, 2.75) is 45.4 Å². The lowest BCUT2D eigenvalue weighted by Crippen LogP contribution is -2.12. The summed E-state index contributed by atoms with van der Waals surface area (Å²) in [6, 6.07) is 3.58. The summed E-state index contributed by atoms with van der Waals surface area (Å²) in [4.78, 5) is 10.6. The second kappa shape index (κ2) is 5.42. The average molecular weight is 250 g/mol. The smallest absolute Gasteiger partial charge is 0.122 e. The molecular weight excluding hydrogens is 228 g/mol. The molecule has 1 aromatic rings. The lowest BCUT2D eigenvalue weighted by Gasteiger charge is -2.23. The van der Waals surface area contributed by atoms with Gasteiger partial charge < -0.3 is 14.6 Å². The van der Waals surface area contributed by atoms with Crippen molar-refractivity contribution in [1.29, 1.82) is 0 Å². The Kier molecular flexibility index (Phi) is 4.38. The first-order valence-corrected chi connectivity index (χ1v) is 6.16. The number of hydrogen-bond acceptors (Lipinski definition) is 3. The molecule has 0 heterocycles. The van der Waals surface area contributed by atoms with Crippen molar-refractivity contribution in [3.63, 3.8) is 0 Å². The Balaban J connectivity index is 3.31. The van der Waals surface area contributed by atoms with Crippen LogP contribution in [0.4, 0.5) is 0 Å². The van der Waals surface area contributed by atoms with Crippen molar-refractivity contribution >= 4 is 6.29 Å². The van der Waals surface area contributed by atoms with Gasteiger partial charge in [0, 0.05) is 17.5 Å². The topological polar surface area (TPSA) is 46.5 Å². The minimum Gasteiger partial charge on any atom is -0.508 e. The summed E-state index contributed by atoms with van der Waals surface area (Å²) in [6.07, 6.45) is 1.31. The highest BCUT2D eigenvalue weighted by Crippen LogP contribution is 2.39. The summed E-state index contributed by atoms with van der Waals surface area (Å²) >= 11 is 0. The molecule has 0 amide bonds. The number of methoxy groups -OCH3 is 1. The van der Waals surface area contributed by atoms with Crippen molar-refractivity contribution < 1.29 is 14.6 Å². The van der Waals surface area contributed by atoms with Crippen LogP contribution in [0.2, 0.25) is 0 Å². The van der Waals surface area contributed by atoms with E-state index >= 15 is 0 Å². The summed E-state index contributed by atoms with van der Waals surface area (Å²) in [7, 11) is 1.61. The molecule has 0 fully saturated rings. The molecule has 0 aliphatic carbocycles. The SMILES string of the molecule is COc1cc(C(C)(C)C)c(O)cc1C(C)CC=O. The normalized spacial score (nSPS) is 13.2. The number of phenolic OH excluding ortho intramolecular Hbond substituents is 1. The van der Waals surface area contributed by atoms with Gasteiger partial charge in [0.1, 0.15) is 17.8 Å². The van der Waals surface area contributed by atoms with Gasteiger partial charge in [0.2, 0.25) is 0 Å². The van der Waals surface area contributed by atoms with Crippen LogP contribution >= 0.6 is 0 Å². The molecule has 0 radical (unpaired) electrons.